The van der Waals surface area contributed by atoms with E-state index < -0.39 is 23.8 Å². The summed E-state index contributed by atoms with van der Waals surface area (Å²) in [5, 5.41) is 9.55. The lowest BCUT2D eigenvalue weighted by atomic mass is 9.84. The van der Waals surface area contributed by atoms with Crippen LogP contribution in [0.2, 0.25) is 0 Å². The highest BCUT2D eigenvalue weighted by atomic mass is 16.5. The molecular formula is C19H20N2O4. The number of carbonyl (C=O) groups is 2. The molecule has 1 aromatic carbocycles. The number of methoxy groups -OCH3 is 2. The minimum Gasteiger partial charge on any atom is -0.468 e. The predicted molar refractivity (Wildman–Crippen MR) is 90.5 cm³/mol. The van der Waals surface area contributed by atoms with Crippen molar-refractivity contribution >= 4 is 11.9 Å². The first kappa shape index (κ1) is 18.3. The molecule has 6 heteroatoms. The Hall–Kier alpha value is -3.07. The first-order chi connectivity index (χ1) is 12.1. The van der Waals surface area contributed by atoms with E-state index in [1.165, 1.54) is 14.2 Å². The fourth-order valence-electron chi connectivity index (χ4n) is 2.79. The zero-order chi connectivity index (χ0) is 18.2. The van der Waals surface area contributed by atoms with Crippen molar-refractivity contribution in [2.24, 2.45) is 11.8 Å². The zero-order valence-electron chi connectivity index (χ0n) is 14.2. The van der Waals surface area contributed by atoms with Crippen LogP contribution in [-0.4, -0.2) is 31.1 Å². The maximum atomic E-state index is 12.1. The van der Waals surface area contributed by atoms with Gasteiger partial charge in [-0.3, -0.25) is 9.59 Å². The molecule has 6 nitrogen and oxygen atoms in total. The molecule has 1 aliphatic rings. The zero-order valence-corrected chi connectivity index (χ0v) is 14.2. The van der Waals surface area contributed by atoms with Crippen molar-refractivity contribution in [3.05, 3.63) is 59.9 Å². The number of ether oxygens (including phenoxy) is 2. The maximum Gasteiger partial charge on any atom is 0.320 e. The molecule has 1 aromatic rings. The second-order valence-electron chi connectivity index (χ2n) is 5.61. The lowest BCUT2D eigenvalue weighted by Crippen LogP contribution is -2.34. The van der Waals surface area contributed by atoms with Crippen LogP contribution < -0.4 is 0 Å². The van der Waals surface area contributed by atoms with E-state index in [0.717, 1.165) is 5.56 Å². The van der Waals surface area contributed by atoms with Crippen molar-refractivity contribution in [1.82, 2.24) is 4.90 Å². The summed E-state index contributed by atoms with van der Waals surface area (Å²) in [5.74, 6) is -3.20. The average molecular weight is 340 g/mol. The molecule has 0 bridgehead atoms. The van der Waals surface area contributed by atoms with Gasteiger partial charge in [-0.05, 0) is 18.2 Å². The van der Waals surface area contributed by atoms with Gasteiger partial charge in [0.05, 0.1) is 25.9 Å². The molecule has 1 unspecified atom stereocenters. The van der Waals surface area contributed by atoms with Crippen LogP contribution in [-0.2, 0) is 25.6 Å². The molecule has 0 saturated carbocycles. The van der Waals surface area contributed by atoms with Crippen molar-refractivity contribution < 1.29 is 19.1 Å². The van der Waals surface area contributed by atoms with E-state index in [0.29, 0.717) is 18.5 Å². The molecule has 0 aromatic heterocycles. The maximum absolute atomic E-state index is 12.1. The van der Waals surface area contributed by atoms with Crippen molar-refractivity contribution in [2.75, 3.05) is 14.2 Å². The molecule has 0 aliphatic carbocycles. The first-order valence-electron chi connectivity index (χ1n) is 7.84. The molecule has 1 aliphatic heterocycles. The molecule has 0 spiro atoms. The number of benzene rings is 1. The summed E-state index contributed by atoms with van der Waals surface area (Å²) in [6.07, 6.45) is 5.71. The fourth-order valence-corrected chi connectivity index (χ4v) is 2.79. The summed E-state index contributed by atoms with van der Waals surface area (Å²) in [6, 6.07) is 11.9. The van der Waals surface area contributed by atoms with E-state index in [-0.39, 0.29) is 0 Å². The molecule has 0 fully saturated rings. The normalized spacial score (nSPS) is 16.6. The molecule has 2 rings (SSSR count). The lowest BCUT2D eigenvalue weighted by Gasteiger charge is -2.21. The van der Waals surface area contributed by atoms with Crippen LogP contribution in [0.1, 0.15) is 12.0 Å². The van der Waals surface area contributed by atoms with Gasteiger partial charge in [0.15, 0.2) is 5.92 Å². The second-order valence-corrected chi connectivity index (χ2v) is 5.61. The van der Waals surface area contributed by atoms with Gasteiger partial charge in [-0.15, -0.1) is 0 Å². The molecule has 0 amide bonds. The Morgan fingerprint density at radius 2 is 1.88 bits per heavy atom. The molecular weight excluding hydrogens is 320 g/mol. The Kier molecular flexibility index (Phi) is 6.35. The Bertz CT molecular complexity index is 703. The smallest absolute Gasteiger partial charge is 0.320 e. The summed E-state index contributed by atoms with van der Waals surface area (Å²) >= 11 is 0. The molecule has 25 heavy (non-hydrogen) atoms. The van der Waals surface area contributed by atoms with Crippen LogP contribution >= 0.6 is 0 Å². The Labute approximate surface area is 146 Å². The van der Waals surface area contributed by atoms with Gasteiger partial charge in [-0.2, -0.15) is 5.26 Å². The summed E-state index contributed by atoms with van der Waals surface area (Å²) in [7, 11) is 2.42. The van der Waals surface area contributed by atoms with Crippen molar-refractivity contribution in [1.29, 1.82) is 5.26 Å². The highest BCUT2D eigenvalue weighted by molar-refractivity contribution is 5.95. The Morgan fingerprint density at radius 3 is 2.44 bits per heavy atom. The minimum absolute atomic E-state index is 0.335. The van der Waals surface area contributed by atoms with Gasteiger partial charge in [0.1, 0.15) is 0 Å². The quantitative estimate of drug-likeness (QED) is 0.605. The third kappa shape index (κ3) is 4.48. The van der Waals surface area contributed by atoms with Crippen LogP contribution in [0.4, 0.5) is 0 Å². The van der Waals surface area contributed by atoms with E-state index in [1.807, 2.05) is 47.5 Å². The predicted octanol–water partition coefficient (Wildman–Crippen LogP) is 2.39. The summed E-state index contributed by atoms with van der Waals surface area (Å²) in [5.41, 5.74) is 1.42. The minimum atomic E-state index is -1.16. The van der Waals surface area contributed by atoms with Crippen LogP contribution in [0.15, 0.2) is 54.4 Å². The van der Waals surface area contributed by atoms with Crippen LogP contribution in [0, 0.1) is 23.2 Å². The van der Waals surface area contributed by atoms with E-state index in [9.17, 15) is 14.9 Å². The van der Waals surface area contributed by atoms with E-state index in [4.69, 9.17) is 9.47 Å². The Balaban J connectivity index is 2.30. The third-order valence-electron chi connectivity index (χ3n) is 4.04. The first-order valence-corrected chi connectivity index (χ1v) is 7.84. The number of nitrogens with zero attached hydrogens (tertiary/aromatic N) is 2. The summed E-state index contributed by atoms with van der Waals surface area (Å²) < 4.78 is 9.46. The van der Waals surface area contributed by atoms with Gasteiger partial charge in [0.25, 0.3) is 0 Å². The number of allylic oxidation sites excluding steroid dienone is 2. The van der Waals surface area contributed by atoms with Gasteiger partial charge in [-0.25, -0.2) is 0 Å². The number of nitriles is 1. The molecule has 130 valence electrons. The van der Waals surface area contributed by atoms with E-state index >= 15 is 0 Å². The highest BCUT2D eigenvalue weighted by Gasteiger charge is 2.39. The Morgan fingerprint density at radius 1 is 1.24 bits per heavy atom. The molecule has 0 radical (unpaired) electrons. The van der Waals surface area contributed by atoms with Crippen LogP contribution in [0.3, 0.4) is 0 Å². The molecule has 0 saturated heterocycles. The van der Waals surface area contributed by atoms with Gasteiger partial charge in [0, 0.05) is 18.7 Å². The van der Waals surface area contributed by atoms with Gasteiger partial charge in [0.2, 0.25) is 0 Å². The number of rotatable bonds is 5. The van der Waals surface area contributed by atoms with Crippen molar-refractivity contribution in [3.63, 3.8) is 0 Å². The van der Waals surface area contributed by atoms with Gasteiger partial charge < -0.3 is 14.4 Å². The third-order valence-corrected chi connectivity index (χ3v) is 4.04. The van der Waals surface area contributed by atoms with Crippen LogP contribution in [0.5, 0.6) is 0 Å². The molecule has 1 atom stereocenters. The second kappa shape index (κ2) is 8.69. The monoisotopic (exact) mass is 340 g/mol. The van der Waals surface area contributed by atoms with Crippen LogP contribution in [0.25, 0.3) is 0 Å². The lowest BCUT2D eigenvalue weighted by molar-refractivity contribution is -0.160. The van der Waals surface area contributed by atoms with Gasteiger partial charge >= 0.3 is 11.9 Å². The number of esters is 2. The fraction of sp³-hybridized carbons (Fsp3) is 0.316. The van der Waals surface area contributed by atoms with E-state index in [2.05, 4.69) is 6.07 Å². The van der Waals surface area contributed by atoms with Crippen molar-refractivity contribution in [2.45, 2.75) is 13.0 Å². The number of carbonyl (C=O) groups excluding carboxylic acids is 2. The largest absolute Gasteiger partial charge is 0.468 e. The average Bonchev–Trinajstić information content (AvgIpc) is 2.84. The highest BCUT2D eigenvalue weighted by Crippen LogP contribution is 2.30. The molecule has 0 N–H and O–H groups in total. The topological polar surface area (TPSA) is 79.6 Å². The van der Waals surface area contributed by atoms with Crippen molar-refractivity contribution in [3.8, 4) is 6.07 Å². The number of hydrogen-bond donors (Lipinski definition) is 0. The SMILES string of the molecule is COC(=O)C(C(=O)OC)C1CC=CN(Cc2ccccc2)C=C1C#N. The standard InChI is InChI=1S/C19H20N2O4/c1-24-18(22)17(19(23)25-2)16-9-6-10-21(13-15(16)11-20)12-14-7-4-3-5-8-14/h3-8,10,13,16-17H,9,12H2,1-2H3. The number of hydrogen-bond acceptors (Lipinski definition) is 6. The van der Waals surface area contributed by atoms with E-state index in [1.54, 1.807) is 6.20 Å². The summed E-state index contributed by atoms with van der Waals surface area (Å²) in [6.45, 7) is 0.580. The molecule has 1 heterocycles. The summed E-state index contributed by atoms with van der Waals surface area (Å²) in [4.78, 5) is 26.0. The van der Waals surface area contributed by atoms with Gasteiger partial charge in [-0.1, -0.05) is 36.4 Å².